The normalized spacial score (nSPS) is 12.9. The van der Waals surface area contributed by atoms with Gasteiger partial charge in [-0.1, -0.05) is 66.9 Å². The molecule has 0 aliphatic rings. The van der Waals surface area contributed by atoms with E-state index in [1.807, 2.05) is 40.7 Å². The van der Waals surface area contributed by atoms with E-state index in [2.05, 4.69) is 5.32 Å². The lowest BCUT2D eigenvalue weighted by Gasteiger charge is -2.34. The van der Waals surface area contributed by atoms with Crippen LogP contribution in [0.25, 0.3) is 0 Å². The number of aryl methyl sites for hydroxylation is 3. The van der Waals surface area contributed by atoms with Crippen molar-refractivity contribution in [2.75, 3.05) is 10.8 Å². The van der Waals surface area contributed by atoms with Gasteiger partial charge in [0, 0.05) is 28.2 Å². The first-order chi connectivity index (χ1) is 19.8. The van der Waals surface area contributed by atoms with Crippen molar-refractivity contribution in [1.29, 1.82) is 0 Å². The third kappa shape index (κ3) is 8.06. The summed E-state index contributed by atoms with van der Waals surface area (Å²) in [5.74, 6) is -0.894. The molecule has 0 bridgehead atoms. The van der Waals surface area contributed by atoms with Gasteiger partial charge in [0.25, 0.3) is 10.0 Å². The van der Waals surface area contributed by atoms with Crippen molar-refractivity contribution in [3.05, 3.63) is 93.0 Å². The van der Waals surface area contributed by atoms with E-state index >= 15 is 0 Å². The number of nitrogens with one attached hydrogen (secondary N) is 1. The van der Waals surface area contributed by atoms with Crippen molar-refractivity contribution >= 4 is 50.7 Å². The molecule has 3 aromatic rings. The van der Waals surface area contributed by atoms with Gasteiger partial charge in [0.05, 0.1) is 10.6 Å². The predicted octanol–water partition coefficient (Wildman–Crippen LogP) is 6.84. The summed E-state index contributed by atoms with van der Waals surface area (Å²) in [5, 5.41) is 3.65. The fourth-order valence-electron chi connectivity index (χ4n) is 4.68. The zero-order valence-corrected chi connectivity index (χ0v) is 27.3. The summed E-state index contributed by atoms with van der Waals surface area (Å²) >= 11 is 13.0. The van der Waals surface area contributed by atoms with Crippen LogP contribution < -0.4 is 9.62 Å². The molecule has 2 atom stereocenters. The molecule has 0 aromatic heterocycles. The lowest BCUT2D eigenvalue weighted by Crippen LogP contribution is -2.53. The van der Waals surface area contributed by atoms with Crippen LogP contribution in [0, 0.1) is 20.8 Å². The number of amides is 2. The monoisotopic (exact) mass is 631 g/mol. The maximum atomic E-state index is 14.3. The number of halogens is 2. The smallest absolute Gasteiger partial charge is 0.264 e. The molecule has 0 unspecified atom stereocenters. The highest BCUT2D eigenvalue weighted by molar-refractivity contribution is 7.92. The van der Waals surface area contributed by atoms with Gasteiger partial charge in [-0.15, -0.1) is 0 Å². The lowest BCUT2D eigenvalue weighted by molar-refractivity contribution is -0.140. The van der Waals surface area contributed by atoms with E-state index in [1.165, 1.54) is 17.0 Å². The third-order valence-corrected chi connectivity index (χ3v) is 9.66. The van der Waals surface area contributed by atoms with Gasteiger partial charge >= 0.3 is 0 Å². The summed E-state index contributed by atoms with van der Waals surface area (Å²) in [5.41, 5.74) is 3.43. The van der Waals surface area contributed by atoms with Crippen LogP contribution in [0.1, 0.15) is 55.9 Å². The Morgan fingerprint density at radius 1 is 0.857 bits per heavy atom. The Labute approximate surface area is 259 Å². The molecule has 226 valence electrons. The van der Waals surface area contributed by atoms with E-state index in [9.17, 15) is 18.0 Å². The van der Waals surface area contributed by atoms with Gasteiger partial charge < -0.3 is 10.2 Å². The van der Waals surface area contributed by atoms with Crippen LogP contribution in [-0.2, 0) is 26.2 Å². The summed E-state index contributed by atoms with van der Waals surface area (Å²) in [4.78, 5) is 29.1. The Kier molecular flexibility index (Phi) is 11.5. The topological polar surface area (TPSA) is 86.8 Å². The summed E-state index contributed by atoms with van der Waals surface area (Å²) in [6, 6.07) is 15.9. The SMILES string of the molecule is CC[C@@H](C)NC(=O)[C@@H](CC)N(Cc1c(Cl)cccc1Cl)C(=O)CN(c1cc(C)cc(C)c1)S(=O)(=O)c1ccc(C)cc1. The lowest BCUT2D eigenvalue weighted by atomic mass is 10.1. The van der Waals surface area contributed by atoms with Crippen LogP contribution in [0.4, 0.5) is 5.69 Å². The number of sulfonamides is 1. The van der Waals surface area contributed by atoms with Crippen molar-refractivity contribution in [1.82, 2.24) is 10.2 Å². The zero-order chi connectivity index (χ0) is 31.2. The third-order valence-electron chi connectivity index (χ3n) is 7.16. The minimum Gasteiger partial charge on any atom is -0.352 e. The largest absolute Gasteiger partial charge is 0.352 e. The summed E-state index contributed by atoms with van der Waals surface area (Å²) < 4.78 is 29.3. The average molecular weight is 633 g/mol. The highest BCUT2D eigenvalue weighted by atomic mass is 35.5. The summed E-state index contributed by atoms with van der Waals surface area (Å²) in [6.07, 6.45) is 1.01. The van der Waals surface area contributed by atoms with Crippen molar-refractivity contribution in [3.8, 4) is 0 Å². The number of carbonyl (C=O) groups is 2. The molecule has 0 spiro atoms. The van der Waals surface area contributed by atoms with Crippen LogP contribution in [0.5, 0.6) is 0 Å². The Morgan fingerprint density at radius 3 is 1.95 bits per heavy atom. The summed E-state index contributed by atoms with van der Waals surface area (Å²) in [6.45, 7) is 10.6. The Bertz CT molecular complexity index is 1490. The minimum absolute atomic E-state index is 0.0577. The molecule has 7 nitrogen and oxygen atoms in total. The average Bonchev–Trinajstić information content (AvgIpc) is 2.92. The van der Waals surface area contributed by atoms with Gasteiger partial charge in [-0.3, -0.25) is 13.9 Å². The predicted molar refractivity (Wildman–Crippen MR) is 171 cm³/mol. The number of anilines is 1. The van der Waals surface area contributed by atoms with Gasteiger partial charge in [0.1, 0.15) is 12.6 Å². The molecule has 0 aliphatic heterocycles. The van der Waals surface area contributed by atoms with Crippen LogP contribution >= 0.6 is 23.2 Å². The quantitative estimate of drug-likeness (QED) is 0.237. The first-order valence-corrected chi connectivity index (χ1v) is 16.2. The fourth-order valence-corrected chi connectivity index (χ4v) is 6.59. The highest BCUT2D eigenvalue weighted by Crippen LogP contribution is 2.29. The molecule has 42 heavy (non-hydrogen) atoms. The van der Waals surface area contributed by atoms with Crippen LogP contribution in [0.2, 0.25) is 10.0 Å². The second-order valence-electron chi connectivity index (χ2n) is 10.6. The van der Waals surface area contributed by atoms with Gasteiger partial charge in [0.15, 0.2) is 0 Å². The van der Waals surface area contributed by atoms with E-state index in [0.29, 0.717) is 34.1 Å². The Hall–Kier alpha value is -3.07. The molecule has 1 N–H and O–H groups in total. The highest BCUT2D eigenvalue weighted by Gasteiger charge is 2.34. The van der Waals surface area contributed by atoms with Crippen LogP contribution in [0.15, 0.2) is 65.6 Å². The number of hydrogen-bond acceptors (Lipinski definition) is 4. The molecule has 0 saturated carbocycles. The minimum atomic E-state index is -4.16. The maximum Gasteiger partial charge on any atom is 0.264 e. The van der Waals surface area contributed by atoms with E-state index in [0.717, 1.165) is 21.0 Å². The zero-order valence-electron chi connectivity index (χ0n) is 24.9. The molecule has 2 amide bonds. The van der Waals surface area contributed by atoms with Crippen molar-refractivity contribution in [3.63, 3.8) is 0 Å². The number of benzene rings is 3. The van der Waals surface area contributed by atoms with Gasteiger partial charge in [0.2, 0.25) is 11.8 Å². The standard InChI is InChI=1S/C32H39Cl2N3O4S/c1-7-24(6)35-32(39)30(8-2)36(19-27-28(33)10-9-11-29(27)34)31(38)20-37(25-17-22(4)16-23(5)18-25)42(40,41)26-14-12-21(3)13-15-26/h9-18,24,30H,7-8,19-20H2,1-6H3,(H,35,39)/t24-,30-/m1/s1. The molecule has 0 aliphatic carbocycles. The molecule has 0 fully saturated rings. The molecule has 3 aromatic carbocycles. The number of hydrogen-bond donors (Lipinski definition) is 1. The molecule has 0 saturated heterocycles. The van der Waals surface area contributed by atoms with Gasteiger partial charge in [-0.2, -0.15) is 0 Å². The molecular formula is C32H39Cl2N3O4S. The van der Waals surface area contributed by atoms with E-state index < -0.39 is 28.5 Å². The first-order valence-electron chi connectivity index (χ1n) is 14.0. The van der Waals surface area contributed by atoms with Crippen LogP contribution in [0.3, 0.4) is 0 Å². The molecule has 3 rings (SSSR count). The number of carbonyl (C=O) groups excluding carboxylic acids is 2. The van der Waals surface area contributed by atoms with E-state index in [4.69, 9.17) is 23.2 Å². The molecular weight excluding hydrogens is 593 g/mol. The maximum absolute atomic E-state index is 14.3. The molecule has 0 radical (unpaired) electrons. The van der Waals surface area contributed by atoms with Crippen LogP contribution in [-0.4, -0.2) is 43.8 Å². The second-order valence-corrected chi connectivity index (χ2v) is 13.3. The Morgan fingerprint density at radius 2 is 1.43 bits per heavy atom. The van der Waals surface area contributed by atoms with Gasteiger partial charge in [-0.25, -0.2) is 8.42 Å². The number of nitrogens with zero attached hydrogens (tertiary/aromatic N) is 2. The Balaban J connectivity index is 2.13. The summed E-state index contributed by atoms with van der Waals surface area (Å²) in [7, 11) is -4.16. The molecule has 0 heterocycles. The fraction of sp³-hybridized carbons (Fsp3) is 0.375. The second kappa shape index (κ2) is 14.4. The van der Waals surface area contributed by atoms with Gasteiger partial charge in [-0.05, 0) is 88.1 Å². The first kappa shape index (κ1) is 33.4. The molecule has 10 heteroatoms. The van der Waals surface area contributed by atoms with Crippen molar-refractivity contribution in [2.45, 2.75) is 77.9 Å². The van der Waals surface area contributed by atoms with E-state index in [1.54, 1.807) is 49.4 Å². The van der Waals surface area contributed by atoms with Crippen molar-refractivity contribution in [2.24, 2.45) is 0 Å². The number of rotatable bonds is 12. The van der Waals surface area contributed by atoms with Crippen molar-refractivity contribution < 1.29 is 18.0 Å². The van der Waals surface area contributed by atoms with E-state index in [-0.39, 0.29) is 23.4 Å².